The molecule has 110 valence electrons. The van der Waals surface area contributed by atoms with Gasteiger partial charge in [-0.05, 0) is 50.8 Å². The van der Waals surface area contributed by atoms with Crippen LogP contribution in [0.25, 0.3) is 0 Å². The molecule has 20 heavy (non-hydrogen) atoms. The fourth-order valence-corrected chi connectivity index (χ4v) is 3.59. The second-order valence-corrected chi connectivity index (χ2v) is 6.93. The number of halogens is 3. The van der Waals surface area contributed by atoms with E-state index in [2.05, 4.69) is 17.1 Å². The van der Waals surface area contributed by atoms with E-state index in [0.717, 1.165) is 37.7 Å². The zero-order valence-corrected chi connectivity index (χ0v) is 13.1. The molecule has 3 rings (SSSR count). The Labute approximate surface area is 129 Å². The van der Waals surface area contributed by atoms with E-state index in [1.54, 1.807) is 12.1 Å². The summed E-state index contributed by atoms with van der Waals surface area (Å²) in [7, 11) is 0. The van der Waals surface area contributed by atoms with Crippen molar-refractivity contribution in [2.75, 3.05) is 24.5 Å². The molecular formula is C15H19Cl2FN2. The van der Waals surface area contributed by atoms with Gasteiger partial charge in [-0.3, -0.25) is 0 Å². The SMILES string of the molecule is CC1(C2CC2)CN(c2cc(Cl)c(F)c(Cl)c2)CCCN1. The molecule has 2 nitrogen and oxygen atoms in total. The molecule has 2 fully saturated rings. The minimum atomic E-state index is -0.532. The summed E-state index contributed by atoms with van der Waals surface area (Å²) >= 11 is 11.8. The van der Waals surface area contributed by atoms with Crippen molar-refractivity contribution in [3.63, 3.8) is 0 Å². The lowest BCUT2D eigenvalue weighted by molar-refractivity contribution is 0.331. The van der Waals surface area contributed by atoms with E-state index in [4.69, 9.17) is 23.2 Å². The van der Waals surface area contributed by atoms with E-state index in [0.29, 0.717) is 0 Å². The summed E-state index contributed by atoms with van der Waals surface area (Å²) in [5, 5.41) is 3.87. The molecule has 0 amide bonds. The van der Waals surface area contributed by atoms with Gasteiger partial charge in [-0.15, -0.1) is 0 Å². The van der Waals surface area contributed by atoms with E-state index in [1.807, 2.05) is 0 Å². The first-order valence-electron chi connectivity index (χ1n) is 7.14. The molecule has 0 aromatic heterocycles. The Morgan fingerprint density at radius 2 is 1.95 bits per heavy atom. The van der Waals surface area contributed by atoms with Gasteiger partial charge in [-0.2, -0.15) is 0 Å². The smallest absolute Gasteiger partial charge is 0.160 e. The maximum atomic E-state index is 13.6. The highest BCUT2D eigenvalue weighted by Gasteiger charge is 2.43. The number of nitrogens with one attached hydrogen (secondary N) is 1. The van der Waals surface area contributed by atoms with Gasteiger partial charge in [0.15, 0.2) is 5.82 Å². The summed E-state index contributed by atoms with van der Waals surface area (Å²) in [4.78, 5) is 2.27. The van der Waals surface area contributed by atoms with Gasteiger partial charge in [0, 0.05) is 24.3 Å². The van der Waals surface area contributed by atoms with Gasteiger partial charge in [0.05, 0.1) is 10.0 Å². The zero-order chi connectivity index (χ0) is 14.3. The number of benzene rings is 1. The Morgan fingerprint density at radius 3 is 2.55 bits per heavy atom. The normalized spacial score (nSPS) is 27.5. The van der Waals surface area contributed by atoms with E-state index >= 15 is 0 Å². The molecule has 1 aliphatic carbocycles. The van der Waals surface area contributed by atoms with Crippen LogP contribution in [-0.4, -0.2) is 25.2 Å². The van der Waals surface area contributed by atoms with Crippen LogP contribution in [0, 0.1) is 11.7 Å². The molecule has 0 radical (unpaired) electrons. The first-order chi connectivity index (χ1) is 9.49. The summed E-state index contributed by atoms with van der Waals surface area (Å²) in [6.07, 6.45) is 3.65. The van der Waals surface area contributed by atoms with Crippen molar-refractivity contribution >= 4 is 28.9 Å². The lowest BCUT2D eigenvalue weighted by Crippen LogP contribution is -2.51. The molecule has 1 unspecified atom stereocenters. The van der Waals surface area contributed by atoms with E-state index in [9.17, 15) is 4.39 Å². The predicted molar refractivity (Wildman–Crippen MR) is 82.4 cm³/mol. The molecule has 1 N–H and O–H groups in total. The van der Waals surface area contributed by atoms with Gasteiger partial charge in [0.1, 0.15) is 0 Å². The Hall–Kier alpha value is -0.510. The summed E-state index contributed by atoms with van der Waals surface area (Å²) < 4.78 is 13.6. The van der Waals surface area contributed by atoms with Gasteiger partial charge < -0.3 is 10.2 Å². The van der Waals surface area contributed by atoms with Crippen LogP contribution in [0.4, 0.5) is 10.1 Å². The van der Waals surface area contributed by atoms with Gasteiger partial charge >= 0.3 is 0 Å². The molecule has 0 spiro atoms. The quantitative estimate of drug-likeness (QED) is 0.826. The zero-order valence-electron chi connectivity index (χ0n) is 11.6. The summed E-state index contributed by atoms with van der Waals surface area (Å²) in [6.45, 7) is 5.16. The standard InChI is InChI=1S/C15H19Cl2FN2/c1-15(10-3-4-10)9-20(6-2-5-19-15)11-7-12(16)14(18)13(17)8-11/h7-8,10,19H,2-6,9H2,1H3. The van der Waals surface area contributed by atoms with Crippen molar-refractivity contribution in [3.8, 4) is 0 Å². The highest BCUT2D eigenvalue weighted by Crippen LogP contribution is 2.41. The van der Waals surface area contributed by atoms with E-state index in [1.165, 1.54) is 12.8 Å². The molecule has 1 heterocycles. The molecular weight excluding hydrogens is 298 g/mol. The predicted octanol–water partition coefficient (Wildman–Crippen LogP) is 4.10. The molecule has 1 aliphatic heterocycles. The molecule has 1 aromatic rings. The van der Waals surface area contributed by atoms with Crippen LogP contribution in [0.5, 0.6) is 0 Å². The first kappa shape index (κ1) is 14.4. The van der Waals surface area contributed by atoms with Gasteiger partial charge in [-0.1, -0.05) is 23.2 Å². The summed E-state index contributed by atoms with van der Waals surface area (Å²) in [5.41, 5.74) is 1.04. The van der Waals surface area contributed by atoms with Crippen LogP contribution < -0.4 is 10.2 Å². The van der Waals surface area contributed by atoms with Crippen molar-refractivity contribution < 1.29 is 4.39 Å². The minimum Gasteiger partial charge on any atom is -0.370 e. The van der Waals surface area contributed by atoms with Crippen LogP contribution >= 0.6 is 23.2 Å². The lowest BCUT2D eigenvalue weighted by Gasteiger charge is -2.35. The lowest BCUT2D eigenvalue weighted by atomic mass is 9.95. The van der Waals surface area contributed by atoms with Crippen molar-refractivity contribution in [1.29, 1.82) is 0 Å². The maximum absolute atomic E-state index is 13.6. The Morgan fingerprint density at radius 1 is 1.30 bits per heavy atom. The molecule has 1 aromatic carbocycles. The molecule has 2 aliphatic rings. The van der Waals surface area contributed by atoms with E-state index in [-0.39, 0.29) is 15.6 Å². The number of nitrogens with zero attached hydrogens (tertiary/aromatic N) is 1. The summed E-state index contributed by atoms with van der Waals surface area (Å²) in [5.74, 6) is 0.212. The molecule has 0 bridgehead atoms. The van der Waals surface area contributed by atoms with Crippen molar-refractivity contribution in [2.45, 2.75) is 31.7 Å². The summed E-state index contributed by atoms with van der Waals surface area (Å²) in [6, 6.07) is 3.36. The number of hydrogen-bond acceptors (Lipinski definition) is 2. The fourth-order valence-electron chi connectivity index (χ4n) is 3.11. The first-order valence-corrected chi connectivity index (χ1v) is 7.90. The van der Waals surface area contributed by atoms with Crippen LogP contribution in [0.15, 0.2) is 12.1 Å². The average molecular weight is 317 g/mol. The third-order valence-corrected chi connectivity index (χ3v) is 5.02. The van der Waals surface area contributed by atoms with Gasteiger partial charge in [0.2, 0.25) is 0 Å². The third kappa shape index (κ3) is 2.76. The monoisotopic (exact) mass is 316 g/mol. The molecule has 1 saturated heterocycles. The van der Waals surface area contributed by atoms with E-state index < -0.39 is 5.82 Å². The molecule has 5 heteroatoms. The van der Waals surface area contributed by atoms with Crippen LogP contribution in [0.2, 0.25) is 10.0 Å². The fraction of sp³-hybridized carbons (Fsp3) is 0.600. The highest BCUT2D eigenvalue weighted by atomic mass is 35.5. The second-order valence-electron chi connectivity index (χ2n) is 6.12. The van der Waals surface area contributed by atoms with Gasteiger partial charge in [-0.25, -0.2) is 4.39 Å². The minimum absolute atomic E-state index is 0.0952. The average Bonchev–Trinajstić information content (AvgIpc) is 3.22. The largest absolute Gasteiger partial charge is 0.370 e. The van der Waals surface area contributed by atoms with Crippen molar-refractivity contribution in [3.05, 3.63) is 28.0 Å². The van der Waals surface area contributed by atoms with Crippen LogP contribution in [-0.2, 0) is 0 Å². The van der Waals surface area contributed by atoms with Crippen molar-refractivity contribution in [1.82, 2.24) is 5.32 Å². The molecule has 1 saturated carbocycles. The molecule has 1 atom stereocenters. The Kier molecular flexibility index (Phi) is 3.87. The Balaban J connectivity index is 1.88. The van der Waals surface area contributed by atoms with Crippen molar-refractivity contribution in [2.24, 2.45) is 5.92 Å². The topological polar surface area (TPSA) is 15.3 Å². The maximum Gasteiger partial charge on any atom is 0.160 e. The third-order valence-electron chi connectivity index (χ3n) is 4.47. The van der Waals surface area contributed by atoms with Crippen LogP contribution in [0.1, 0.15) is 26.2 Å². The number of anilines is 1. The second kappa shape index (κ2) is 5.36. The Bertz CT molecular complexity index is 496. The van der Waals surface area contributed by atoms with Gasteiger partial charge in [0.25, 0.3) is 0 Å². The number of hydrogen-bond donors (Lipinski definition) is 1. The number of rotatable bonds is 2. The van der Waals surface area contributed by atoms with Crippen LogP contribution in [0.3, 0.4) is 0 Å². The highest BCUT2D eigenvalue weighted by molar-refractivity contribution is 6.35.